The van der Waals surface area contributed by atoms with Crippen molar-refractivity contribution in [3.8, 4) is 0 Å². The van der Waals surface area contributed by atoms with Crippen LogP contribution in [-0.4, -0.2) is 24.4 Å². The van der Waals surface area contributed by atoms with Crippen molar-refractivity contribution >= 4 is 5.91 Å². The van der Waals surface area contributed by atoms with Gasteiger partial charge in [-0.25, -0.2) is 0 Å². The Morgan fingerprint density at radius 2 is 1.80 bits per heavy atom. The van der Waals surface area contributed by atoms with Gasteiger partial charge in [0.15, 0.2) is 0 Å². The summed E-state index contributed by atoms with van der Waals surface area (Å²) in [6, 6.07) is 10.6. The molecule has 2 heteroatoms. The number of hydrogen-bond acceptors (Lipinski definition) is 1. The molecule has 0 saturated heterocycles. The van der Waals surface area contributed by atoms with E-state index in [9.17, 15) is 4.79 Å². The van der Waals surface area contributed by atoms with Crippen LogP contribution in [-0.2, 0) is 11.2 Å². The minimum atomic E-state index is 0.345. The van der Waals surface area contributed by atoms with E-state index in [-0.39, 0.29) is 0 Å². The third-order valence-electron chi connectivity index (χ3n) is 5.02. The van der Waals surface area contributed by atoms with E-state index in [1.165, 1.54) is 12.0 Å². The van der Waals surface area contributed by atoms with Crippen LogP contribution in [0, 0.1) is 17.8 Å². The first-order valence-corrected chi connectivity index (χ1v) is 8.03. The summed E-state index contributed by atoms with van der Waals surface area (Å²) in [5, 5.41) is 0. The lowest BCUT2D eigenvalue weighted by molar-refractivity contribution is -0.134. The van der Waals surface area contributed by atoms with E-state index in [1.54, 1.807) is 0 Å². The van der Waals surface area contributed by atoms with Crippen molar-refractivity contribution in [1.82, 2.24) is 4.90 Å². The molecule has 108 valence electrons. The first-order valence-electron chi connectivity index (χ1n) is 8.03. The number of amides is 1. The lowest BCUT2D eigenvalue weighted by atomic mass is 10.0. The third-order valence-corrected chi connectivity index (χ3v) is 5.02. The maximum atomic E-state index is 12.3. The summed E-state index contributed by atoms with van der Waals surface area (Å²) < 4.78 is 0. The van der Waals surface area contributed by atoms with Gasteiger partial charge in [0.05, 0.1) is 0 Å². The SMILES string of the molecule is CN(CCCCc1ccccc1)C(=O)C1CC2CC2C1. The molecule has 0 bridgehead atoms. The first-order chi connectivity index (χ1) is 9.74. The topological polar surface area (TPSA) is 20.3 Å². The highest BCUT2D eigenvalue weighted by atomic mass is 16.2. The van der Waals surface area contributed by atoms with Crippen molar-refractivity contribution in [1.29, 1.82) is 0 Å². The van der Waals surface area contributed by atoms with Gasteiger partial charge >= 0.3 is 0 Å². The van der Waals surface area contributed by atoms with E-state index in [2.05, 4.69) is 30.3 Å². The summed E-state index contributed by atoms with van der Waals surface area (Å²) in [7, 11) is 1.98. The number of carbonyl (C=O) groups is 1. The van der Waals surface area contributed by atoms with Crippen molar-refractivity contribution in [2.45, 2.75) is 38.5 Å². The Morgan fingerprint density at radius 1 is 1.10 bits per heavy atom. The van der Waals surface area contributed by atoms with Crippen molar-refractivity contribution in [3.63, 3.8) is 0 Å². The Balaban J connectivity index is 1.34. The predicted molar refractivity (Wildman–Crippen MR) is 81.3 cm³/mol. The van der Waals surface area contributed by atoms with Gasteiger partial charge in [0, 0.05) is 19.5 Å². The molecule has 1 aromatic rings. The number of benzene rings is 1. The van der Waals surface area contributed by atoms with Gasteiger partial charge in [-0.1, -0.05) is 30.3 Å². The second-order valence-corrected chi connectivity index (χ2v) is 6.63. The normalized spacial score (nSPS) is 27.1. The van der Waals surface area contributed by atoms with Crippen LogP contribution in [0.1, 0.15) is 37.7 Å². The molecule has 2 nitrogen and oxygen atoms in total. The van der Waals surface area contributed by atoms with E-state index in [4.69, 9.17) is 0 Å². The monoisotopic (exact) mass is 271 g/mol. The average molecular weight is 271 g/mol. The first kappa shape index (κ1) is 13.7. The molecule has 2 aliphatic carbocycles. The van der Waals surface area contributed by atoms with Crippen molar-refractivity contribution < 1.29 is 4.79 Å². The largest absolute Gasteiger partial charge is 0.346 e. The number of nitrogens with zero attached hydrogens (tertiary/aromatic N) is 1. The van der Waals surface area contributed by atoms with Gasteiger partial charge in [0.2, 0.25) is 5.91 Å². The molecule has 2 unspecified atom stereocenters. The average Bonchev–Trinajstić information content (AvgIpc) is 3.10. The maximum Gasteiger partial charge on any atom is 0.225 e. The molecule has 2 fully saturated rings. The van der Waals surface area contributed by atoms with Crippen molar-refractivity contribution in [2.75, 3.05) is 13.6 Å². The number of carbonyl (C=O) groups excluding carboxylic acids is 1. The van der Waals surface area contributed by atoms with E-state index in [0.29, 0.717) is 11.8 Å². The molecule has 0 radical (unpaired) electrons. The fraction of sp³-hybridized carbons (Fsp3) is 0.611. The summed E-state index contributed by atoms with van der Waals surface area (Å²) in [6.45, 7) is 0.914. The Kier molecular flexibility index (Phi) is 4.09. The van der Waals surface area contributed by atoms with Crippen LogP contribution in [0.2, 0.25) is 0 Å². The lowest BCUT2D eigenvalue weighted by Gasteiger charge is -2.21. The Hall–Kier alpha value is -1.31. The van der Waals surface area contributed by atoms with Crippen molar-refractivity contribution in [3.05, 3.63) is 35.9 Å². The van der Waals surface area contributed by atoms with E-state index in [0.717, 1.165) is 50.5 Å². The molecule has 0 aliphatic heterocycles. The van der Waals surface area contributed by atoms with Gasteiger partial charge in [-0.2, -0.15) is 0 Å². The summed E-state index contributed by atoms with van der Waals surface area (Å²) >= 11 is 0. The maximum absolute atomic E-state index is 12.3. The molecule has 2 atom stereocenters. The summed E-state index contributed by atoms with van der Waals surface area (Å²) in [6.07, 6.45) is 7.12. The molecule has 3 rings (SSSR count). The highest BCUT2D eigenvalue weighted by Crippen LogP contribution is 2.54. The van der Waals surface area contributed by atoms with Gasteiger partial charge in [-0.3, -0.25) is 4.79 Å². The molecule has 2 aliphatic rings. The Morgan fingerprint density at radius 3 is 2.50 bits per heavy atom. The van der Waals surface area contributed by atoms with Crippen LogP contribution in [0.25, 0.3) is 0 Å². The second kappa shape index (κ2) is 5.99. The van der Waals surface area contributed by atoms with Crippen LogP contribution in [0.5, 0.6) is 0 Å². The van der Waals surface area contributed by atoms with Crippen molar-refractivity contribution in [2.24, 2.45) is 17.8 Å². The van der Waals surface area contributed by atoms with E-state index >= 15 is 0 Å². The smallest absolute Gasteiger partial charge is 0.225 e. The summed E-state index contributed by atoms with van der Waals surface area (Å²) in [5.41, 5.74) is 1.40. The number of unbranched alkanes of at least 4 members (excludes halogenated alkanes) is 1. The minimum Gasteiger partial charge on any atom is -0.346 e. The number of hydrogen-bond donors (Lipinski definition) is 0. The summed E-state index contributed by atoms with van der Waals surface area (Å²) in [4.78, 5) is 14.3. The van der Waals surface area contributed by atoms with Gasteiger partial charge in [0.1, 0.15) is 0 Å². The Labute approximate surface area is 122 Å². The van der Waals surface area contributed by atoms with Crippen LogP contribution in [0.3, 0.4) is 0 Å². The minimum absolute atomic E-state index is 0.345. The highest BCUT2D eigenvalue weighted by Gasteiger charge is 2.48. The second-order valence-electron chi connectivity index (χ2n) is 6.63. The van der Waals surface area contributed by atoms with Gasteiger partial charge in [0.25, 0.3) is 0 Å². The molecule has 20 heavy (non-hydrogen) atoms. The van der Waals surface area contributed by atoms with E-state index in [1.807, 2.05) is 11.9 Å². The quantitative estimate of drug-likeness (QED) is 0.725. The third kappa shape index (κ3) is 3.23. The Bertz CT molecular complexity index is 446. The van der Waals surface area contributed by atoms with Gasteiger partial charge in [-0.05, 0) is 55.9 Å². The zero-order valence-electron chi connectivity index (χ0n) is 12.4. The molecular weight excluding hydrogens is 246 g/mol. The van der Waals surface area contributed by atoms with Crippen LogP contribution in [0.4, 0.5) is 0 Å². The molecule has 0 aromatic heterocycles. The zero-order chi connectivity index (χ0) is 13.9. The number of fused-ring (bicyclic) bond motifs is 1. The van der Waals surface area contributed by atoms with Crippen LogP contribution >= 0.6 is 0 Å². The molecule has 2 saturated carbocycles. The highest BCUT2D eigenvalue weighted by molar-refractivity contribution is 5.79. The zero-order valence-corrected chi connectivity index (χ0v) is 12.4. The number of aryl methyl sites for hydroxylation is 1. The molecule has 0 N–H and O–H groups in total. The van der Waals surface area contributed by atoms with Gasteiger partial charge < -0.3 is 4.90 Å². The standard InChI is InChI=1S/C18H25NO/c1-19(18(20)17-12-15-11-16(15)13-17)10-6-5-9-14-7-3-2-4-8-14/h2-4,7-8,15-17H,5-6,9-13H2,1H3. The molecule has 1 aromatic carbocycles. The summed E-state index contributed by atoms with van der Waals surface area (Å²) in [5.74, 6) is 2.54. The molecular formula is C18H25NO. The molecule has 0 spiro atoms. The fourth-order valence-corrected chi connectivity index (χ4v) is 3.66. The van der Waals surface area contributed by atoms with Crippen LogP contribution < -0.4 is 0 Å². The van der Waals surface area contributed by atoms with Gasteiger partial charge in [-0.15, -0.1) is 0 Å². The lowest BCUT2D eigenvalue weighted by Crippen LogP contribution is -2.33. The molecule has 1 amide bonds. The fourth-order valence-electron chi connectivity index (χ4n) is 3.66. The number of rotatable bonds is 6. The van der Waals surface area contributed by atoms with E-state index < -0.39 is 0 Å². The molecule has 0 heterocycles. The van der Waals surface area contributed by atoms with Crippen LogP contribution in [0.15, 0.2) is 30.3 Å². The predicted octanol–water partition coefficient (Wildman–Crippen LogP) is 3.51.